The summed E-state index contributed by atoms with van der Waals surface area (Å²) in [4.78, 5) is 0. The van der Waals surface area contributed by atoms with Crippen LogP contribution in [0.3, 0.4) is 0 Å². The molecule has 10 aromatic carbocycles. The van der Waals surface area contributed by atoms with Gasteiger partial charge in [0.15, 0.2) is 0 Å². The van der Waals surface area contributed by atoms with Crippen molar-refractivity contribution in [3.05, 3.63) is 231 Å². The highest BCUT2D eigenvalue weighted by Gasteiger charge is 2.51. The van der Waals surface area contributed by atoms with Crippen molar-refractivity contribution >= 4 is 112 Å². The summed E-state index contributed by atoms with van der Waals surface area (Å²) in [5, 5.41) is 9.29. The van der Waals surface area contributed by atoms with Gasteiger partial charge >= 0.3 is 7.12 Å². The minimum absolute atomic E-state index is 0. The largest absolute Gasteiger partial charge is 0.494 e. The van der Waals surface area contributed by atoms with Gasteiger partial charge in [-0.05, 0) is 133 Å². The van der Waals surface area contributed by atoms with E-state index >= 15 is 0 Å². The van der Waals surface area contributed by atoms with Crippen LogP contribution in [0.2, 0.25) is 5.02 Å². The maximum atomic E-state index is 6.45. The van der Waals surface area contributed by atoms with Gasteiger partial charge in [-0.25, -0.2) is 0 Å². The van der Waals surface area contributed by atoms with Crippen LogP contribution in [0.4, 0.5) is 0 Å². The summed E-state index contributed by atoms with van der Waals surface area (Å²) in [6.45, 7) is 8.31. The van der Waals surface area contributed by atoms with Crippen LogP contribution in [-0.4, -0.2) is 18.3 Å². The highest BCUT2D eigenvalue weighted by atomic mass is 35.5. The topological polar surface area (TPSA) is 71.0 Å². The Morgan fingerprint density at radius 2 is 0.747 bits per heavy atom. The molecule has 0 radical (unpaired) electrons. The van der Waals surface area contributed by atoms with Gasteiger partial charge in [0.1, 0.15) is 44.7 Å². The van der Waals surface area contributed by atoms with E-state index in [0.29, 0.717) is 5.02 Å². The van der Waals surface area contributed by atoms with Crippen LogP contribution in [0.15, 0.2) is 236 Å². The van der Waals surface area contributed by atoms with Crippen LogP contribution in [-0.2, 0) is 9.31 Å². The highest BCUT2D eigenvalue weighted by Crippen LogP contribution is 2.42. The molecule has 0 bridgehead atoms. The number of fused-ring (bicyclic) bond motifs is 14. The van der Waals surface area contributed by atoms with E-state index in [9.17, 15) is 0 Å². The number of para-hydroxylation sites is 2. The molecule has 0 aliphatic carbocycles. The molecule has 0 unspecified atom stereocenters. The van der Waals surface area contributed by atoms with E-state index in [1.807, 2.05) is 84.9 Å². The van der Waals surface area contributed by atoms with Crippen molar-refractivity contribution in [2.75, 3.05) is 0 Å². The maximum Gasteiger partial charge on any atom is 0.494 e. The Morgan fingerprint density at radius 1 is 0.320 bits per heavy atom. The van der Waals surface area contributed by atoms with Crippen LogP contribution >= 0.6 is 11.6 Å². The minimum atomic E-state index is -0.307. The number of hydrogen-bond donors (Lipinski definition) is 0. The van der Waals surface area contributed by atoms with Gasteiger partial charge in [-0.3, -0.25) is 0 Å². The fraction of sp³-hybridized carbons (Fsp3) is 0.0896. The van der Waals surface area contributed by atoms with Gasteiger partial charge in [0.25, 0.3) is 0 Å². The molecule has 0 N–H and O–H groups in total. The molecule has 6 nitrogen and oxygen atoms in total. The van der Waals surface area contributed by atoms with E-state index in [-0.39, 0.29) is 25.7 Å². The quantitative estimate of drug-likeness (QED) is 0.129. The number of hydrogen-bond acceptors (Lipinski definition) is 6. The van der Waals surface area contributed by atoms with Crippen molar-refractivity contribution in [2.45, 2.75) is 38.9 Å². The van der Waals surface area contributed by atoms with Crippen molar-refractivity contribution in [3.8, 4) is 33.4 Å². The van der Waals surface area contributed by atoms with Crippen LogP contribution in [0.1, 0.15) is 27.7 Å². The van der Waals surface area contributed by atoms with Crippen LogP contribution in [0.5, 0.6) is 0 Å². The van der Waals surface area contributed by atoms with E-state index in [0.717, 1.165) is 98.8 Å². The molecule has 1 aliphatic heterocycles. The molecule has 0 atom stereocenters. The molecule has 0 spiro atoms. The standard InChI is InChI=1S/C30H18O2.C18H21BO2.C18H9ClO2.CH3/c1-2-7-19(8-3-1)20-9-6-10-21(17-20)22-13-14-23-24-15-16-27-29(30(24)32-28(23)18-22)25-11-4-5-12-26(25)31-27;1-17(2)18(3,4)21-19(20-17)16-12-8-11-15(13-16)14-9-6-5-7-10-14;19-10-5-6-11-12-7-8-15-17(18(12)21-16(11)9-10)13-3-1-2-4-14(13)20-15;/h1-18H;5-13H,1-4H3;1-9H;1H3/q;;;-1. The Balaban J connectivity index is 0.000000117. The molecular formula is C67H51BClO6-. The van der Waals surface area contributed by atoms with Crippen molar-refractivity contribution in [1.29, 1.82) is 0 Å². The van der Waals surface area contributed by atoms with E-state index in [1.54, 1.807) is 0 Å². The van der Waals surface area contributed by atoms with Crippen molar-refractivity contribution < 1.29 is 27.0 Å². The normalized spacial score (nSPS) is 13.9. The molecule has 1 saturated heterocycles. The number of rotatable bonds is 4. The van der Waals surface area contributed by atoms with Gasteiger partial charge in [-0.15, -0.1) is 0 Å². The maximum absolute atomic E-state index is 6.45. The molecule has 8 heteroatoms. The Hall–Kier alpha value is -8.33. The minimum Gasteiger partial charge on any atom is -0.456 e. The number of benzene rings is 10. The van der Waals surface area contributed by atoms with Crippen molar-refractivity contribution in [2.24, 2.45) is 0 Å². The molecule has 5 heterocycles. The van der Waals surface area contributed by atoms with Gasteiger partial charge in [0.2, 0.25) is 0 Å². The first-order chi connectivity index (χ1) is 36.0. The van der Waals surface area contributed by atoms with Crippen molar-refractivity contribution in [1.82, 2.24) is 0 Å². The number of halogens is 1. The average molecular weight is 998 g/mol. The Labute approximate surface area is 439 Å². The van der Waals surface area contributed by atoms with E-state index < -0.39 is 0 Å². The first-order valence-electron chi connectivity index (χ1n) is 24.9. The third-order valence-corrected chi connectivity index (χ3v) is 15.0. The van der Waals surface area contributed by atoms with Gasteiger partial charge in [-0.1, -0.05) is 157 Å². The van der Waals surface area contributed by atoms with Gasteiger partial charge in [0, 0.05) is 43.4 Å². The fourth-order valence-corrected chi connectivity index (χ4v) is 10.4. The first kappa shape index (κ1) is 47.7. The predicted octanol–water partition coefficient (Wildman–Crippen LogP) is 19.1. The molecule has 0 amide bonds. The second-order valence-corrected chi connectivity index (χ2v) is 20.3. The van der Waals surface area contributed by atoms with Gasteiger partial charge < -0.3 is 34.4 Å². The highest BCUT2D eigenvalue weighted by molar-refractivity contribution is 6.62. The monoisotopic (exact) mass is 997 g/mol. The lowest BCUT2D eigenvalue weighted by Crippen LogP contribution is -2.41. The summed E-state index contributed by atoms with van der Waals surface area (Å²) in [6, 6.07) is 74.4. The first-order valence-corrected chi connectivity index (χ1v) is 25.3. The molecule has 14 aromatic rings. The summed E-state index contributed by atoms with van der Waals surface area (Å²) in [5.41, 5.74) is 14.5. The van der Waals surface area contributed by atoms with Gasteiger partial charge in [0.05, 0.1) is 22.0 Å². The lowest BCUT2D eigenvalue weighted by Gasteiger charge is -2.32. The zero-order valence-corrected chi connectivity index (χ0v) is 42.9. The van der Waals surface area contributed by atoms with Gasteiger partial charge in [-0.2, -0.15) is 0 Å². The Bertz CT molecular complexity index is 4390. The van der Waals surface area contributed by atoms with Crippen molar-refractivity contribution in [3.63, 3.8) is 0 Å². The van der Waals surface area contributed by atoms with E-state index in [2.05, 4.69) is 161 Å². The molecule has 1 fully saturated rings. The summed E-state index contributed by atoms with van der Waals surface area (Å²) >= 11 is 6.06. The smallest absolute Gasteiger partial charge is 0.456 e. The van der Waals surface area contributed by atoms with E-state index in [4.69, 9.17) is 38.6 Å². The Kier molecular flexibility index (Phi) is 12.0. The molecule has 15 rings (SSSR count). The lowest BCUT2D eigenvalue weighted by atomic mass is 9.78. The SMILES string of the molecule is CC1(C)OB(c2cccc(-c3ccccc3)c2)OC1(C)C.Clc1ccc2c(c1)oc1c2ccc2oc3ccccc3c21.[CH3-].c1ccc(-c2cccc(-c3ccc4c(c3)oc3c4ccc4oc5ccccc5c43)c2)cc1. The second-order valence-electron chi connectivity index (χ2n) is 19.9. The lowest BCUT2D eigenvalue weighted by molar-refractivity contribution is 0.00578. The summed E-state index contributed by atoms with van der Waals surface area (Å²) in [5.74, 6) is 0. The summed E-state index contributed by atoms with van der Waals surface area (Å²) in [6.07, 6.45) is 0. The van der Waals surface area contributed by atoms with Crippen LogP contribution in [0.25, 0.3) is 121 Å². The van der Waals surface area contributed by atoms with Crippen LogP contribution < -0.4 is 5.46 Å². The zero-order chi connectivity index (χ0) is 50.1. The third-order valence-electron chi connectivity index (χ3n) is 14.7. The fourth-order valence-electron chi connectivity index (χ4n) is 10.2. The molecule has 0 saturated carbocycles. The molecule has 4 aromatic heterocycles. The molecule has 75 heavy (non-hydrogen) atoms. The molecule has 1 aliphatic rings. The predicted molar refractivity (Wildman–Crippen MR) is 312 cm³/mol. The Morgan fingerprint density at radius 3 is 1.31 bits per heavy atom. The molecule has 366 valence electrons. The average Bonchev–Trinajstić information content (AvgIpc) is 4.24. The van der Waals surface area contributed by atoms with E-state index in [1.165, 1.54) is 27.8 Å². The zero-order valence-electron chi connectivity index (χ0n) is 42.2. The third kappa shape index (κ3) is 8.53. The molecular weight excluding hydrogens is 947 g/mol. The summed E-state index contributed by atoms with van der Waals surface area (Å²) in [7, 11) is -0.307. The van der Waals surface area contributed by atoms with Crippen LogP contribution in [0, 0.1) is 7.43 Å². The second kappa shape index (κ2) is 18.9. The number of furan rings is 4. The summed E-state index contributed by atoms with van der Waals surface area (Å²) < 4.78 is 36.7.